The molecule has 0 saturated carbocycles. The molecule has 0 aliphatic heterocycles. The summed E-state index contributed by atoms with van der Waals surface area (Å²) in [6.45, 7) is 0. The van der Waals surface area contributed by atoms with Crippen LogP contribution in [0.3, 0.4) is 0 Å². The summed E-state index contributed by atoms with van der Waals surface area (Å²) >= 11 is 0. The Morgan fingerprint density at radius 3 is 2.50 bits per heavy atom. The van der Waals surface area contributed by atoms with Gasteiger partial charge in [-0.3, -0.25) is 0 Å². The third kappa shape index (κ3) is 1.34. The van der Waals surface area contributed by atoms with Gasteiger partial charge in [0.25, 0.3) is 0 Å². The van der Waals surface area contributed by atoms with E-state index in [0.29, 0.717) is 0 Å². The predicted octanol–water partition coefficient (Wildman–Crippen LogP) is 2.45. The van der Waals surface area contributed by atoms with Crippen LogP contribution in [0.1, 0.15) is 0 Å². The van der Waals surface area contributed by atoms with E-state index in [4.69, 9.17) is 0 Å². The van der Waals surface area contributed by atoms with Crippen molar-refractivity contribution in [1.82, 2.24) is 4.37 Å². The summed E-state index contributed by atoms with van der Waals surface area (Å²) in [5.74, 6) is 0. The van der Waals surface area contributed by atoms with Gasteiger partial charge in [0.2, 0.25) is 0 Å². The van der Waals surface area contributed by atoms with Gasteiger partial charge in [0.15, 0.2) is 0 Å². The number of hydrogen-bond acceptors (Lipinski definition) is 5. The molecule has 0 unspecified atom stereocenters. The summed E-state index contributed by atoms with van der Waals surface area (Å²) < 4.78 is 3.87. The van der Waals surface area contributed by atoms with Crippen molar-refractivity contribution in [1.29, 1.82) is 0 Å². The van der Waals surface area contributed by atoms with E-state index < -0.39 is 0 Å². The quantitative estimate of drug-likeness (QED) is 0.524. The predicted molar refractivity (Wildman–Crippen MR) is 33.4 cm³/mol. The lowest BCUT2D eigenvalue weighted by Gasteiger charge is -1.65. The molecule has 0 aliphatic carbocycles. The van der Waals surface area contributed by atoms with Crippen LogP contribution in [0.4, 0.5) is 0 Å². The number of aromatic nitrogens is 1. The highest BCUT2D eigenvalue weighted by Crippen LogP contribution is 2.11. The third-order valence-corrected chi connectivity index (χ3v) is 5.29. The smallest absolute Gasteiger partial charge is 0.104 e. The molecule has 6 heavy (non-hydrogen) atoms. The van der Waals surface area contributed by atoms with Crippen LogP contribution in [0.2, 0.25) is 0 Å². The van der Waals surface area contributed by atoms with E-state index in [1.165, 1.54) is 10.5 Å². The molecule has 0 spiro atoms. The molecule has 1 heterocycles. The van der Waals surface area contributed by atoms with Gasteiger partial charge in [-0.1, -0.05) is 10.3 Å². The second-order valence-corrected chi connectivity index (χ2v) is 5.84. The molecule has 0 atom stereocenters. The van der Waals surface area contributed by atoms with E-state index in [9.17, 15) is 0 Å². The highest BCUT2D eigenvalue weighted by atomic mass is 33.4. The van der Waals surface area contributed by atoms with Gasteiger partial charge in [-0.2, -0.15) is 4.37 Å². The van der Waals surface area contributed by atoms with E-state index in [2.05, 4.69) is 4.37 Å². The number of hydrogen-bond donors (Lipinski definition) is 0. The molecular weight excluding hydrogens is 154 g/mol. The first-order valence-corrected chi connectivity index (χ1v) is 6.01. The summed E-state index contributed by atoms with van der Waals surface area (Å²) in [4.78, 5) is 0. The van der Waals surface area contributed by atoms with Gasteiger partial charge >= 0.3 is 0 Å². The van der Waals surface area contributed by atoms with Gasteiger partial charge in [0.1, 0.15) is 5.51 Å². The molecule has 0 amide bonds. The fraction of sp³-hybridized carbons (Fsp3) is 0. The zero-order valence-electron chi connectivity index (χ0n) is 2.66. The average molecular weight is 155 g/mol. The van der Waals surface area contributed by atoms with Gasteiger partial charge in [0, 0.05) is 19.9 Å². The lowest BCUT2D eigenvalue weighted by Crippen LogP contribution is -1.39. The first-order valence-electron chi connectivity index (χ1n) is 1.18. The minimum Gasteiger partial charge on any atom is -0.178 e. The van der Waals surface area contributed by atoms with Crippen molar-refractivity contribution in [2.24, 2.45) is 0 Å². The molecule has 1 rings (SSSR count). The molecule has 1 aromatic heterocycles. The summed E-state index contributed by atoms with van der Waals surface area (Å²) in [6.07, 6.45) is 0. The van der Waals surface area contributed by atoms with Crippen LogP contribution in [0, 0.1) is 0 Å². The second-order valence-electron chi connectivity index (χ2n) is 0.518. The van der Waals surface area contributed by atoms with Gasteiger partial charge < -0.3 is 0 Å². The Balaban J connectivity index is 3.00. The summed E-state index contributed by atoms with van der Waals surface area (Å²) in [5.41, 5.74) is 1.84. The van der Waals surface area contributed by atoms with Crippen LogP contribution >= 0.6 is 39.6 Å². The zero-order chi connectivity index (χ0) is 4.24. The lowest BCUT2D eigenvalue weighted by atomic mass is 11.7. The summed E-state index contributed by atoms with van der Waals surface area (Å²) in [7, 11) is 6.62. The van der Waals surface area contributed by atoms with Crippen LogP contribution in [0.25, 0.3) is 0 Å². The van der Waals surface area contributed by atoms with Gasteiger partial charge in [-0.15, -0.1) is 0 Å². The van der Waals surface area contributed by atoms with E-state index in [0.717, 1.165) is 0 Å². The lowest BCUT2D eigenvalue weighted by molar-refractivity contribution is 1.64. The van der Waals surface area contributed by atoms with Gasteiger partial charge in [-0.25, -0.2) is 0 Å². The Morgan fingerprint density at radius 2 is 2.33 bits per heavy atom. The van der Waals surface area contributed by atoms with E-state index in [1.807, 2.05) is 5.51 Å². The second kappa shape index (κ2) is 2.68. The van der Waals surface area contributed by atoms with Crippen molar-refractivity contribution in [2.75, 3.05) is 0 Å². The van der Waals surface area contributed by atoms with Gasteiger partial charge in [-0.05, 0) is 9.34 Å². The molecule has 0 bridgehead atoms. The highest BCUT2D eigenvalue weighted by Gasteiger charge is 1.62. The van der Waals surface area contributed by atoms with E-state index in [1.54, 1.807) is 29.0 Å². The molecule has 0 saturated heterocycles. The number of nitrogens with zero attached hydrogens (tertiary/aromatic N) is 1. The third-order valence-electron chi connectivity index (χ3n) is 0.227. The maximum Gasteiger partial charge on any atom is 0.104 e. The Bertz CT molecular complexity index is 79.5. The van der Waals surface area contributed by atoms with Crippen molar-refractivity contribution in [3.63, 3.8) is 0 Å². The molecule has 0 aromatic carbocycles. The van der Waals surface area contributed by atoms with Crippen molar-refractivity contribution >= 4 is 39.6 Å². The first-order chi connectivity index (χ1) is 3.00. The van der Waals surface area contributed by atoms with E-state index >= 15 is 0 Å². The van der Waals surface area contributed by atoms with Crippen LogP contribution in [0.5, 0.6) is 0 Å². The summed E-state index contributed by atoms with van der Waals surface area (Å²) in [5, 5.41) is 0. The Hall–Kier alpha value is 0.550. The Morgan fingerprint density at radius 1 is 1.33 bits per heavy atom. The minimum absolute atomic E-state index is 1.52. The van der Waals surface area contributed by atoms with Gasteiger partial charge in [0.05, 0.1) is 0 Å². The van der Waals surface area contributed by atoms with Crippen molar-refractivity contribution in [3.05, 3.63) is 5.51 Å². The Labute approximate surface area is 49.5 Å². The normalized spacial score (nSPS) is 8.00. The summed E-state index contributed by atoms with van der Waals surface area (Å²) in [6, 6.07) is 0. The van der Waals surface area contributed by atoms with Crippen LogP contribution in [-0.4, -0.2) is 4.37 Å². The average Bonchev–Trinajstić information content (AvgIpc) is 1.72. The standard InChI is InChI=1S/CHNS4/c1-2-4-6-5-3-1/h1H. The molecular formula is CHNS4. The minimum atomic E-state index is 1.52. The van der Waals surface area contributed by atoms with Crippen molar-refractivity contribution < 1.29 is 0 Å². The topological polar surface area (TPSA) is 12.9 Å². The molecule has 0 N–H and O–H groups in total. The molecule has 1 nitrogen and oxygen atoms in total. The number of rotatable bonds is 0. The molecule has 0 radical (unpaired) electrons. The molecule has 0 fully saturated rings. The Kier molecular flexibility index (Phi) is 2.10. The highest BCUT2D eigenvalue weighted by molar-refractivity contribution is 8.06. The van der Waals surface area contributed by atoms with Crippen LogP contribution < -0.4 is 0 Å². The SMILES string of the molecule is c1nssss1. The fourth-order valence-electron chi connectivity index (χ4n) is 0.0987. The fourth-order valence-corrected chi connectivity index (χ4v) is 4.20. The zero-order valence-corrected chi connectivity index (χ0v) is 5.92. The molecule has 1 aromatic rings. The molecule has 34 valence electrons. The largest absolute Gasteiger partial charge is 0.178 e. The maximum atomic E-state index is 3.87. The monoisotopic (exact) mass is 155 g/mol. The van der Waals surface area contributed by atoms with Crippen LogP contribution in [-0.2, 0) is 0 Å². The van der Waals surface area contributed by atoms with Crippen molar-refractivity contribution in [2.45, 2.75) is 0 Å². The van der Waals surface area contributed by atoms with Crippen molar-refractivity contribution in [3.8, 4) is 0 Å². The first kappa shape index (κ1) is 4.70. The van der Waals surface area contributed by atoms with Crippen LogP contribution in [0.15, 0.2) is 5.51 Å². The molecule has 5 heteroatoms. The van der Waals surface area contributed by atoms with E-state index in [-0.39, 0.29) is 0 Å². The maximum absolute atomic E-state index is 3.87. The molecule has 0 aliphatic rings.